The summed E-state index contributed by atoms with van der Waals surface area (Å²) in [6, 6.07) is 7.99. The van der Waals surface area contributed by atoms with Crippen LogP contribution in [0, 0.1) is 20.8 Å². The van der Waals surface area contributed by atoms with E-state index in [9.17, 15) is 4.79 Å². The smallest absolute Gasteiger partial charge is 0.237 e. The zero-order valence-electron chi connectivity index (χ0n) is 16.3. The summed E-state index contributed by atoms with van der Waals surface area (Å²) in [4.78, 5) is 13.0. The van der Waals surface area contributed by atoms with E-state index in [-0.39, 0.29) is 11.2 Å². The summed E-state index contributed by atoms with van der Waals surface area (Å²) in [6.07, 6.45) is 4.00. The fourth-order valence-corrected chi connectivity index (χ4v) is 4.51. The second-order valence-corrected chi connectivity index (χ2v) is 8.17. The minimum absolute atomic E-state index is 0.0263. The number of hydrogen-bond donors (Lipinski definition) is 1. The summed E-state index contributed by atoms with van der Waals surface area (Å²) in [5, 5.41) is 11.9. The lowest BCUT2D eigenvalue weighted by Gasteiger charge is -2.17. The second-order valence-electron chi connectivity index (χ2n) is 6.98. The highest BCUT2D eigenvalue weighted by Crippen LogP contribution is 2.32. The van der Waals surface area contributed by atoms with E-state index in [4.69, 9.17) is 4.42 Å². The van der Waals surface area contributed by atoms with E-state index in [1.54, 1.807) is 12.6 Å². The summed E-state index contributed by atoms with van der Waals surface area (Å²) in [6.45, 7) is 8.10. The third-order valence-corrected chi connectivity index (χ3v) is 6.18. The molecule has 0 aliphatic carbocycles. The molecule has 1 amide bonds. The van der Waals surface area contributed by atoms with Crippen molar-refractivity contribution in [2.24, 2.45) is 0 Å². The van der Waals surface area contributed by atoms with Crippen molar-refractivity contribution >= 4 is 40.0 Å². The van der Waals surface area contributed by atoms with Gasteiger partial charge in [-0.05, 0) is 38.3 Å². The molecule has 0 aliphatic rings. The quantitative estimate of drug-likeness (QED) is 0.487. The molecule has 3 aromatic heterocycles. The fourth-order valence-electron chi connectivity index (χ4n) is 3.54. The second kappa shape index (κ2) is 7.31. The monoisotopic (exact) mass is 394 g/mol. The maximum absolute atomic E-state index is 13.0. The van der Waals surface area contributed by atoms with Crippen LogP contribution < -0.4 is 5.32 Å². The number of anilines is 1. The molecule has 0 saturated heterocycles. The standard InChI is InChI=1S/C21H22N4O2S/c1-5-18(20(26)23-19-13(3)8-12(2)9-14(19)4)28-21-16-10-17-15(6-7-27-17)25(16)11-22-24-21/h6-11,18H,5H2,1-4H3,(H,23,26). The first kappa shape index (κ1) is 18.6. The lowest BCUT2D eigenvalue weighted by atomic mass is 10.0. The molecule has 0 spiro atoms. The summed E-state index contributed by atoms with van der Waals surface area (Å²) in [7, 11) is 0. The van der Waals surface area contributed by atoms with Crippen molar-refractivity contribution < 1.29 is 9.21 Å². The average molecular weight is 395 g/mol. The Morgan fingerprint density at radius 2 is 1.96 bits per heavy atom. The van der Waals surface area contributed by atoms with Crippen molar-refractivity contribution in [2.45, 2.75) is 44.4 Å². The third-order valence-electron chi connectivity index (χ3n) is 4.84. The van der Waals surface area contributed by atoms with Crippen molar-refractivity contribution in [1.82, 2.24) is 14.6 Å². The van der Waals surface area contributed by atoms with Crippen molar-refractivity contribution in [2.75, 3.05) is 5.32 Å². The van der Waals surface area contributed by atoms with Crippen LogP contribution in [0.1, 0.15) is 30.0 Å². The van der Waals surface area contributed by atoms with Gasteiger partial charge in [0.1, 0.15) is 11.4 Å². The Bertz CT molecular complexity index is 1150. The molecule has 0 radical (unpaired) electrons. The van der Waals surface area contributed by atoms with Gasteiger partial charge in [-0.3, -0.25) is 9.20 Å². The number of aryl methyl sites for hydroxylation is 3. The van der Waals surface area contributed by atoms with E-state index >= 15 is 0 Å². The number of nitrogens with zero attached hydrogens (tertiary/aromatic N) is 3. The van der Waals surface area contributed by atoms with Gasteiger partial charge in [0, 0.05) is 17.8 Å². The molecule has 0 saturated carbocycles. The zero-order valence-corrected chi connectivity index (χ0v) is 17.1. The third kappa shape index (κ3) is 3.26. The van der Waals surface area contributed by atoms with Crippen LogP contribution in [0.5, 0.6) is 0 Å². The summed E-state index contributed by atoms with van der Waals surface area (Å²) in [5.74, 6) is -0.0263. The van der Waals surface area contributed by atoms with Crippen LogP contribution in [0.15, 0.2) is 46.3 Å². The Hall–Kier alpha value is -2.80. The van der Waals surface area contributed by atoms with Gasteiger partial charge in [0.2, 0.25) is 5.91 Å². The molecule has 3 heterocycles. The topological polar surface area (TPSA) is 72.4 Å². The van der Waals surface area contributed by atoms with Crippen LogP contribution in [0.2, 0.25) is 0 Å². The number of aromatic nitrogens is 3. The molecule has 1 unspecified atom stereocenters. The molecule has 1 N–H and O–H groups in total. The number of hydrogen-bond acceptors (Lipinski definition) is 5. The summed E-state index contributed by atoms with van der Waals surface area (Å²) in [5.41, 5.74) is 6.82. The van der Waals surface area contributed by atoms with Crippen LogP contribution in [0.25, 0.3) is 16.6 Å². The number of thioether (sulfide) groups is 1. The predicted octanol–water partition coefficient (Wildman–Crippen LogP) is 4.91. The van der Waals surface area contributed by atoms with Gasteiger partial charge in [0.25, 0.3) is 0 Å². The molecule has 7 heteroatoms. The SMILES string of the molecule is CCC(Sc1nncn2c1cc1occc12)C(=O)Nc1c(C)cc(C)cc1C. The van der Waals surface area contributed by atoms with Gasteiger partial charge in [-0.25, -0.2) is 0 Å². The predicted molar refractivity (Wildman–Crippen MR) is 112 cm³/mol. The van der Waals surface area contributed by atoms with Crippen molar-refractivity contribution in [1.29, 1.82) is 0 Å². The zero-order chi connectivity index (χ0) is 19.8. The maximum Gasteiger partial charge on any atom is 0.237 e. The normalized spacial score (nSPS) is 12.6. The molecular formula is C21H22N4O2S. The number of furan rings is 1. The molecule has 1 atom stereocenters. The molecule has 144 valence electrons. The number of nitrogens with one attached hydrogen (secondary N) is 1. The Balaban J connectivity index is 1.61. The van der Waals surface area contributed by atoms with Crippen LogP contribution in [-0.4, -0.2) is 25.8 Å². The van der Waals surface area contributed by atoms with E-state index in [2.05, 4.69) is 34.6 Å². The first-order valence-electron chi connectivity index (χ1n) is 9.23. The molecule has 4 aromatic rings. The van der Waals surface area contributed by atoms with Gasteiger partial charge < -0.3 is 9.73 Å². The van der Waals surface area contributed by atoms with Gasteiger partial charge in [-0.15, -0.1) is 10.2 Å². The van der Waals surface area contributed by atoms with Gasteiger partial charge >= 0.3 is 0 Å². The number of amides is 1. The lowest BCUT2D eigenvalue weighted by Crippen LogP contribution is -2.25. The largest absolute Gasteiger partial charge is 0.463 e. The molecule has 0 aliphatic heterocycles. The Labute approximate surface area is 167 Å². The Kier molecular flexibility index (Phi) is 4.85. The highest BCUT2D eigenvalue weighted by atomic mass is 32.2. The Morgan fingerprint density at radius 3 is 2.68 bits per heavy atom. The van der Waals surface area contributed by atoms with Gasteiger partial charge in [-0.2, -0.15) is 0 Å². The number of carbonyl (C=O) groups excluding carboxylic acids is 1. The van der Waals surface area contributed by atoms with Gasteiger partial charge in [0.05, 0.1) is 22.5 Å². The van der Waals surface area contributed by atoms with Crippen LogP contribution >= 0.6 is 11.8 Å². The molecular weight excluding hydrogens is 372 g/mol. The van der Waals surface area contributed by atoms with Crippen molar-refractivity contribution in [3.05, 3.63) is 53.5 Å². The van der Waals surface area contributed by atoms with Crippen LogP contribution in [0.3, 0.4) is 0 Å². The van der Waals surface area contributed by atoms with E-state index < -0.39 is 0 Å². The highest BCUT2D eigenvalue weighted by Gasteiger charge is 2.22. The number of fused-ring (bicyclic) bond motifs is 3. The first-order chi connectivity index (χ1) is 13.5. The minimum atomic E-state index is -0.276. The van der Waals surface area contributed by atoms with Crippen molar-refractivity contribution in [3.63, 3.8) is 0 Å². The molecule has 6 nitrogen and oxygen atoms in total. The minimum Gasteiger partial charge on any atom is -0.463 e. The van der Waals surface area contributed by atoms with E-state index in [1.807, 2.05) is 37.3 Å². The summed E-state index contributed by atoms with van der Waals surface area (Å²) < 4.78 is 7.42. The maximum atomic E-state index is 13.0. The molecule has 0 fully saturated rings. The molecule has 0 bridgehead atoms. The van der Waals surface area contributed by atoms with Crippen LogP contribution in [-0.2, 0) is 4.79 Å². The number of carbonyl (C=O) groups is 1. The van der Waals surface area contributed by atoms with E-state index in [0.29, 0.717) is 11.4 Å². The fraction of sp³-hybridized carbons (Fsp3) is 0.286. The number of benzene rings is 1. The lowest BCUT2D eigenvalue weighted by molar-refractivity contribution is -0.115. The first-order valence-corrected chi connectivity index (χ1v) is 10.1. The molecule has 28 heavy (non-hydrogen) atoms. The number of rotatable bonds is 5. The molecule has 1 aromatic carbocycles. The Morgan fingerprint density at radius 1 is 1.21 bits per heavy atom. The van der Waals surface area contributed by atoms with E-state index in [1.165, 1.54) is 17.3 Å². The highest BCUT2D eigenvalue weighted by molar-refractivity contribution is 8.00. The van der Waals surface area contributed by atoms with Gasteiger partial charge in [-0.1, -0.05) is 36.4 Å². The summed E-state index contributed by atoms with van der Waals surface area (Å²) >= 11 is 1.43. The van der Waals surface area contributed by atoms with E-state index in [0.717, 1.165) is 33.4 Å². The van der Waals surface area contributed by atoms with Gasteiger partial charge in [0.15, 0.2) is 5.58 Å². The van der Waals surface area contributed by atoms with Crippen molar-refractivity contribution in [3.8, 4) is 0 Å². The average Bonchev–Trinajstić information content (AvgIpc) is 3.24. The van der Waals surface area contributed by atoms with Crippen LogP contribution in [0.4, 0.5) is 5.69 Å². The molecule has 4 rings (SSSR count).